The van der Waals surface area contributed by atoms with Crippen LogP contribution in [0.25, 0.3) is 6.08 Å². The number of nitrogens with zero attached hydrogens (tertiary/aromatic N) is 2. The Balaban J connectivity index is 2.31. The predicted molar refractivity (Wildman–Crippen MR) is 106 cm³/mol. The first-order valence-corrected chi connectivity index (χ1v) is 9.87. The van der Waals surface area contributed by atoms with Crippen molar-refractivity contribution in [2.45, 2.75) is 13.8 Å². The number of amides is 1. The number of aliphatic imine (C=N–C) groups is 1. The zero-order valence-corrected chi connectivity index (χ0v) is 17.6. The molecule has 0 saturated carbocycles. The number of rotatable bonds is 6. The summed E-state index contributed by atoms with van der Waals surface area (Å²) >= 11 is 8.09. The summed E-state index contributed by atoms with van der Waals surface area (Å²) in [5, 5.41) is 9.43. The number of likely N-dealkylation sites (N-methyl/N-ethyl adjacent to an activating group) is 1. The summed E-state index contributed by atoms with van der Waals surface area (Å²) in [6, 6.07) is 3.54. The van der Waals surface area contributed by atoms with Gasteiger partial charge in [-0.25, -0.2) is 4.79 Å². The van der Waals surface area contributed by atoms with E-state index in [4.69, 9.17) is 9.84 Å². The Morgan fingerprint density at radius 3 is 2.52 bits per heavy atom. The first-order valence-electron chi connectivity index (χ1n) is 7.46. The molecule has 1 fully saturated rings. The normalized spacial score (nSPS) is 17.6. The van der Waals surface area contributed by atoms with Crippen LogP contribution < -0.4 is 4.74 Å². The van der Waals surface area contributed by atoms with Crippen LogP contribution in [0.1, 0.15) is 19.4 Å². The highest BCUT2D eigenvalue weighted by molar-refractivity contribution is 9.11. The lowest BCUT2D eigenvalue weighted by molar-refractivity contribution is -0.139. The fourth-order valence-electron chi connectivity index (χ4n) is 2.13. The number of hydrogen-bond acceptors (Lipinski definition) is 5. The highest BCUT2D eigenvalue weighted by Crippen LogP contribution is 2.37. The molecule has 134 valence electrons. The van der Waals surface area contributed by atoms with Crippen LogP contribution in [0.5, 0.6) is 5.75 Å². The Bertz CT molecular complexity index is 741. The van der Waals surface area contributed by atoms with Gasteiger partial charge in [-0.3, -0.25) is 14.7 Å². The van der Waals surface area contributed by atoms with E-state index in [1.165, 1.54) is 11.8 Å². The van der Waals surface area contributed by atoms with Crippen LogP contribution in [0.15, 0.2) is 31.0 Å². The maximum absolute atomic E-state index is 12.5. The van der Waals surface area contributed by atoms with Crippen LogP contribution in [-0.4, -0.2) is 46.7 Å². The highest BCUT2D eigenvalue weighted by atomic mass is 79.9. The third-order valence-corrected chi connectivity index (χ3v) is 5.38. The quantitative estimate of drug-likeness (QED) is 0.608. The number of carbonyl (C=O) groups is 2. The molecule has 0 bridgehead atoms. The smallest absolute Gasteiger partial charge is 0.341 e. The van der Waals surface area contributed by atoms with Crippen molar-refractivity contribution >= 4 is 66.7 Å². The van der Waals surface area contributed by atoms with Crippen molar-refractivity contribution < 1.29 is 19.4 Å². The summed E-state index contributed by atoms with van der Waals surface area (Å²) < 4.78 is 6.44. The summed E-state index contributed by atoms with van der Waals surface area (Å²) in [6.07, 6.45) is 1.78. The minimum atomic E-state index is -1.06. The molecular weight excluding hydrogens is 476 g/mol. The average Bonchev–Trinajstić information content (AvgIpc) is 2.81. The maximum Gasteiger partial charge on any atom is 0.341 e. The molecule has 0 spiro atoms. The monoisotopic (exact) mass is 490 g/mol. The van der Waals surface area contributed by atoms with E-state index in [9.17, 15) is 9.59 Å². The van der Waals surface area contributed by atoms with Gasteiger partial charge in [0, 0.05) is 13.1 Å². The molecule has 1 aliphatic rings. The van der Waals surface area contributed by atoms with Crippen molar-refractivity contribution in [2.75, 3.05) is 19.7 Å². The molecule has 0 atom stereocenters. The van der Waals surface area contributed by atoms with Crippen LogP contribution in [0.2, 0.25) is 0 Å². The molecule has 1 N–H and O–H groups in total. The number of halogens is 2. The minimum absolute atomic E-state index is 0.0712. The SMILES string of the molecule is CCN=C1S/C(=C/c2cc(Br)c(OCC(=O)O)c(Br)c2)C(=O)N1CC. The van der Waals surface area contributed by atoms with Gasteiger partial charge < -0.3 is 9.84 Å². The molecule has 0 aliphatic carbocycles. The van der Waals surface area contributed by atoms with E-state index in [2.05, 4.69) is 36.9 Å². The van der Waals surface area contributed by atoms with Gasteiger partial charge in [0.1, 0.15) is 5.75 Å². The van der Waals surface area contributed by atoms with Gasteiger partial charge in [0.05, 0.1) is 13.9 Å². The summed E-state index contributed by atoms with van der Waals surface area (Å²) in [6.45, 7) is 4.59. The molecule has 0 aromatic heterocycles. The molecule has 1 aliphatic heterocycles. The van der Waals surface area contributed by atoms with E-state index < -0.39 is 12.6 Å². The van der Waals surface area contributed by atoms with Crippen LogP contribution in [0.3, 0.4) is 0 Å². The molecule has 1 amide bonds. The van der Waals surface area contributed by atoms with E-state index in [1.807, 2.05) is 13.8 Å². The van der Waals surface area contributed by atoms with E-state index >= 15 is 0 Å². The molecule has 1 saturated heterocycles. The number of hydrogen-bond donors (Lipinski definition) is 1. The molecule has 0 unspecified atom stereocenters. The van der Waals surface area contributed by atoms with Gasteiger partial charge >= 0.3 is 5.97 Å². The third-order valence-electron chi connectivity index (χ3n) is 3.16. The van der Waals surface area contributed by atoms with Crippen molar-refractivity contribution in [2.24, 2.45) is 4.99 Å². The van der Waals surface area contributed by atoms with E-state index in [1.54, 1.807) is 23.1 Å². The molecule has 6 nitrogen and oxygen atoms in total. The fourth-order valence-corrected chi connectivity index (χ4v) is 4.68. The number of carbonyl (C=O) groups excluding carboxylic acids is 1. The van der Waals surface area contributed by atoms with Gasteiger partial charge in [-0.1, -0.05) is 0 Å². The summed E-state index contributed by atoms with van der Waals surface area (Å²) in [4.78, 5) is 29.7. The molecule has 1 aromatic rings. The number of carboxylic acids is 1. The van der Waals surface area contributed by atoms with Crippen molar-refractivity contribution in [3.05, 3.63) is 31.5 Å². The van der Waals surface area contributed by atoms with Gasteiger partial charge in [-0.2, -0.15) is 0 Å². The largest absolute Gasteiger partial charge is 0.480 e. The first kappa shape index (κ1) is 20.0. The Morgan fingerprint density at radius 2 is 2.00 bits per heavy atom. The summed E-state index contributed by atoms with van der Waals surface area (Å²) in [5.74, 6) is -0.725. The lowest BCUT2D eigenvalue weighted by Gasteiger charge is -2.11. The zero-order valence-electron chi connectivity index (χ0n) is 13.6. The zero-order chi connectivity index (χ0) is 18.6. The molecule has 25 heavy (non-hydrogen) atoms. The van der Waals surface area contributed by atoms with Gasteiger partial charge in [-0.05, 0) is 81.2 Å². The second-order valence-electron chi connectivity index (χ2n) is 4.91. The Labute approximate surface area is 166 Å². The Hall–Kier alpha value is -1.32. The van der Waals surface area contributed by atoms with Crippen molar-refractivity contribution in [3.8, 4) is 5.75 Å². The number of ether oxygens (including phenoxy) is 1. The van der Waals surface area contributed by atoms with Gasteiger partial charge in [0.2, 0.25) is 0 Å². The number of aliphatic carboxylic acids is 1. The van der Waals surface area contributed by atoms with Gasteiger partial charge in [-0.15, -0.1) is 0 Å². The van der Waals surface area contributed by atoms with Crippen molar-refractivity contribution in [1.29, 1.82) is 0 Å². The second kappa shape index (κ2) is 8.86. The molecule has 1 aromatic carbocycles. The second-order valence-corrected chi connectivity index (χ2v) is 7.63. The fraction of sp³-hybridized carbons (Fsp3) is 0.312. The average molecular weight is 492 g/mol. The predicted octanol–water partition coefficient (Wildman–Crippen LogP) is 3.99. The summed E-state index contributed by atoms with van der Waals surface area (Å²) in [7, 11) is 0. The number of amidine groups is 1. The lowest BCUT2D eigenvalue weighted by Crippen LogP contribution is -2.28. The standard InChI is InChI=1S/C16H16Br2N2O4S/c1-3-19-16-20(4-2)15(23)12(25-16)7-9-5-10(17)14(11(18)6-9)24-8-13(21)22/h5-7H,3-4,8H2,1-2H3,(H,21,22)/b12-7+,19-16?. The van der Waals surface area contributed by atoms with Crippen LogP contribution >= 0.6 is 43.6 Å². The van der Waals surface area contributed by atoms with Gasteiger partial charge in [0.15, 0.2) is 11.8 Å². The van der Waals surface area contributed by atoms with Crippen LogP contribution in [0.4, 0.5) is 0 Å². The van der Waals surface area contributed by atoms with E-state index in [0.29, 0.717) is 37.9 Å². The van der Waals surface area contributed by atoms with Crippen molar-refractivity contribution in [1.82, 2.24) is 4.90 Å². The summed E-state index contributed by atoms with van der Waals surface area (Å²) in [5.41, 5.74) is 0.783. The minimum Gasteiger partial charge on any atom is -0.480 e. The molecule has 2 rings (SSSR count). The molecule has 1 heterocycles. The van der Waals surface area contributed by atoms with E-state index in [0.717, 1.165) is 5.56 Å². The number of carboxylic acid groups (broad SMARTS) is 1. The number of thioether (sulfide) groups is 1. The van der Waals surface area contributed by atoms with Crippen LogP contribution in [0, 0.1) is 0 Å². The van der Waals surface area contributed by atoms with Crippen molar-refractivity contribution in [3.63, 3.8) is 0 Å². The number of benzene rings is 1. The van der Waals surface area contributed by atoms with Crippen LogP contribution in [-0.2, 0) is 9.59 Å². The molecule has 9 heteroatoms. The third kappa shape index (κ3) is 4.86. The van der Waals surface area contributed by atoms with E-state index in [-0.39, 0.29) is 5.91 Å². The Morgan fingerprint density at radius 1 is 1.36 bits per heavy atom. The first-order chi connectivity index (χ1) is 11.9. The molecule has 0 radical (unpaired) electrons. The Kier molecular flexibility index (Phi) is 7.09. The molecular formula is C16H16Br2N2O4S. The maximum atomic E-state index is 12.5. The highest BCUT2D eigenvalue weighted by Gasteiger charge is 2.31. The topological polar surface area (TPSA) is 79.2 Å². The van der Waals surface area contributed by atoms with Gasteiger partial charge in [0.25, 0.3) is 5.91 Å². The lowest BCUT2D eigenvalue weighted by atomic mass is 10.2.